The largest absolute Gasteiger partial charge is 0.381 e. The molecule has 2 aliphatic heterocycles. The van der Waals surface area contributed by atoms with E-state index in [0.29, 0.717) is 32.0 Å². The van der Waals surface area contributed by atoms with E-state index < -0.39 is 0 Å². The molecule has 0 bridgehead atoms. The highest BCUT2D eigenvalue weighted by Gasteiger charge is 2.28. The maximum absolute atomic E-state index is 12.7. The highest BCUT2D eigenvalue weighted by atomic mass is 32.1. The molecule has 0 spiro atoms. The van der Waals surface area contributed by atoms with E-state index >= 15 is 0 Å². The second-order valence-electron chi connectivity index (χ2n) is 7.12. The topological polar surface area (TPSA) is 56.6 Å². The molecule has 4 rings (SSSR count). The van der Waals surface area contributed by atoms with Crippen LogP contribution >= 0.6 is 11.3 Å². The van der Waals surface area contributed by atoms with E-state index in [1.807, 2.05) is 34.3 Å². The van der Waals surface area contributed by atoms with Crippen molar-refractivity contribution in [3.63, 3.8) is 0 Å². The summed E-state index contributed by atoms with van der Waals surface area (Å²) in [6.45, 7) is 4.37. The van der Waals surface area contributed by atoms with Gasteiger partial charge in [0.25, 0.3) is 0 Å². The molecule has 1 fully saturated rings. The average molecular weight is 375 g/mol. The first-order valence-corrected chi connectivity index (χ1v) is 10.2. The number of aromatic nitrogens is 2. The molecule has 0 radical (unpaired) electrons. The number of hydrogen-bond donors (Lipinski definition) is 0. The summed E-state index contributed by atoms with van der Waals surface area (Å²) < 4.78 is 13.6. The average Bonchev–Trinajstić information content (AvgIpc) is 3.34. The van der Waals surface area contributed by atoms with E-state index in [9.17, 15) is 4.79 Å². The van der Waals surface area contributed by atoms with Crippen molar-refractivity contribution in [2.75, 3.05) is 33.0 Å². The summed E-state index contributed by atoms with van der Waals surface area (Å²) in [7, 11) is 0. The van der Waals surface area contributed by atoms with Gasteiger partial charge in [-0.1, -0.05) is 0 Å². The molecule has 1 atom stereocenters. The Labute approximate surface area is 157 Å². The number of rotatable bonds is 6. The fourth-order valence-electron chi connectivity index (χ4n) is 3.67. The van der Waals surface area contributed by atoms with Gasteiger partial charge in [-0.05, 0) is 41.1 Å². The quantitative estimate of drug-likeness (QED) is 0.778. The van der Waals surface area contributed by atoms with Crippen LogP contribution in [0.5, 0.6) is 0 Å². The van der Waals surface area contributed by atoms with Crippen LogP contribution in [-0.4, -0.2) is 53.3 Å². The van der Waals surface area contributed by atoms with Crippen LogP contribution in [0, 0.1) is 5.92 Å². The molecule has 1 amide bonds. The van der Waals surface area contributed by atoms with Crippen molar-refractivity contribution in [1.29, 1.82) is 0 Å². The third-order valence-corrected chi connectivity index (χ3v) is 5.95. The molecule has 7 heteroatoms. The van der Waals surface area contributed by atoms with E-state index in [4.69, 9.17) is 9.47 Å². The lowest BCUT2D eigenvalue weighted by Crippen LogP contribution is -2.43. The van der Waals surface area contributed by atoms with Crippen LogP contribution in [0.1, 0.15) is 30.1 Å². The van der Waals surface area contributed by atoms with Crippen molar-refractivity contribution in [1.82, 2.24) is 14.5 Å². The van der Waals surface area contributed by atoms with Gasteiger partial charge in [-0.3, -0.25) is 4.79 Å². The number of amides is 1. The van der Waals surface area contributed by atoms with Gasteiger partial charge in [-0.25, -0.2) is 4.98 Å². The molecule has 26 heavy (non-hydrogen) atoms. The summed E-state index contributed by atoms with van der Waals surface area (Å²) in [6, 6.07) is 2.15. The molecule has 2 aliphatic rings. The number of fused-ring (bicyclic) bond motifs is 1. The first-order valence-electron chi connectivity index (χ1n) is 9.24. The lowest BCUT2D eigenvalue weighted by atomic mass is 10.0. The Morgan fingerprint density at radius 3 is 3.04 bits per heavy atom. The van der Waals surface area contributed by atoms with Crippen LogP contribution in [-0.2, 0) is 27.2 Å². The van der Waals surface area contributed by atoms with Crippen molar-refractivity contribution in [3.05, 3.63) is 40.6 Å². The Bertz CT molecular complexity index is 709. The van der Waals surface area contributed by atoms with E-state index in [2.05, 4.69) is 9.55 Å². The fraction of sp³-hybridized carbons (Fsp3) is 0.579. The number of carbonyl (C=O) groups is 1. The molecular weight excluding hydrogens is 350 g/mol. The van der Waals surface area contributed by atoms with Gasteiger partial charge in [0.2, 0.25) is 5.91 Å². The second kappa shape index (κ2) is 8.33. The fourth-order valence-corrected chi connectivity index (χ4v) is 4.34. The zero-order chi connectivity index (χ0) is 17.8. The first-order chi connectivity index (χ1) is 12.8. The van der Waals surface area contributed by atoms with Crippen LogP contribution in [0.2, 0.25) is 0 Å². The number of ether oxygens (including phenoxy) is 2. The highest BCUT2D eigenvalue weighted by molar-refractivity contribution is 7.08. The Morgan fingerprint density at radius 2 is 2.23 bits per heavy atom. The van der Waals surface area contributed by atoms with Gasteiger partial charge < -0.3 is 18.9 Å². The van der Waals surface area contributed by atoms with Gasteiger partial charge in [-0.15, -0.1) is 0 Å². The molecule has 2 aromatic rings. The van der Waals surface area contributed by atoms with Gasteiger partial charge in [0, 0.05) is 32.6 Å². The van der Waals surface area contributed by atoms with Gasteiger partial charge in [0.15, 0.2) is 0 Å². The molecule has 6 nitrogen and oxygen atoms in total. The summed E-state index contributed by atoms with van der Waals surface area (Å²) in [4.78, 5) is 18.9. The Kier molecular flexibility index (Phi) is 5.67. The molecule has 2 aromatic heterocycles. The number of carbonyl (C=O) groups excluding carboxylic acids is 1. The highest BCUT2D eigenvalue weighted by Crippen LogP contribution is 2.23. The van der Waals surface area contributed by atoms with Crippen molar-refractivity contribution in [2.45, 2.75) is 31.8 Å². The van der Waals surface area contributed by atoms with E-state index in [0.717, 1.165) is 43.9 Å². The summed E-state index contributed by atoms with van der Waals surface area (Å²) >= 11 is 1.63. The molecule has 0 aromatic carbocycles. The monoisotopic (exact) mass is 375 g/mol. The maximum atomic E-state index is 12.7. The van der Waals surface area contributed by atoms with Crippen molar-refractivity contribution < 1.29 is 14.3 Å². The number of imidazole rings is 1. The SMILES string of the molecule is O=C(Cc1ccsc1)N1Cc2cncn2C(COCC2CCOCC2)C1. The summed E-state index contributed by atoms with van der Waals surface area (Å²) in [5, 5.41) is 4.06. The molecule has 0 saturated carbocycles. The van der Waals surface area contributed by atoms with Gasteiger partial charge in [-0.2, -0.15) is 11.3 Å². The van der Waals surface area contributed by atoms with E-state index in [-0.39, 0.29) is 11.9 Å². The van der Waals surface area contributed by atoms with E-state index in [1.54, 1.807) is 11.3 Å². The van der Waals surface area contributed by atoms with Crippen LogP contribution in [0.15, 0.2) is 29.4 Å². The molecule has 4 heterocycles. The Balaban J connectivity index is 1.35. The van der Waals surface area contributed by atoms with Crippen molar-refractivity contribution in [2.24, 2.45) is 5.92 Å². The predicted octanol–water partition coefficient (Wildman–Crippen LogP) is 2.51. The minimum atomic E-state index is 0.132. The normalized spacial score (nSPS) is 20.9. The van der Waals surface area contributed by atoms with E-state index in [1.165, 1.54) is 0 Å². The van der Waals surface area contributed by atoms with Crippen molar-refractivity contribution >= 4 is 17.2 Å². The zero-order valence-corrected chi connectivity index (χ0v) is 15.7. The Hall–Kier alpha value is -1.70. The summed E-state index contributed by atoms with van der Waals surface area (Å²) in [5.74, 6) is 0.760. The minimum absolute atomic E-state index is 0.132. The molecular formula is C19H25N3O3S. The third-order valence-electron chi connectivity index (χ3n) is 5.22. The van der Waals surface area contributed by atoms with Gasteiger partial charge in [0.05, 0.1) is 37.6 Å². The zero-order valence-electron chi connectivity index (χ0n) is 14.9. The first kappa shape index (κ1) is 17.7. The van der Waals surface area contributed by atoms with Gasteiger partial charge >= 0.3 is 0 Å². The minimum Gasteiger partial charge on any atom is -0.381 e. The molecule has 1 saturated heterocycles. The smallest absolute Gasteiger partial charge is 0.227 e. The van der Waals surface area contributed by atoms with Gasteiger partial charge in [0.1, 0.15) is 0 Å². The van der Waals surface area contributed by atoms with Crippen LogP contribution in [0.25, 0.3) is 0 Å². The number of hydrogen-bond acceptors (Lipinski definition) is 5. The molecule has 140 valence electrons. The van der Waals surface area contributed by atoms with Crippen LogP contribution in [0.3, 0.4) is 0 Å². The van der Waals surface area contributed by atoms with Crippen LogP contribution < -0.4 is 0 Å². The number of thiophene rings is 1. The summed E-state index contributed by atoms with van der Waals surface area (Å²) in [6.07, 6.45) is 6.33. The lowest BCUT2D eigenvalue weighted by Gasteiger charge is -2.34. The number of nitrogens with zero attached hydrogens (tertiary/aromatic N) is 3. The summed E-state index contributed by atoms with van der Waals surface area (Å²) in [5.41, 5.74) is 2.17. The standard InChI is InChI=1S/C19H25N3O3S/c23-19(7-16-3-6-26-13-16)21-9-17-8-20-14-22(17)18(10-21)12-25-11-15-1-4-24-5-2-15/h3,6,8,13-15,18H,1-2,4-5,7,9-12H2. The van der Waals surface area contributed by atoms with Crippen molar-refractivity contribution in [3.8, 4) is 0 Å². The third kappa shape index (κ3) is 4.16. The Morgan fingerprint density at radius 1 is 1.35 bits per heavy atom. The predicted molar refractivity (Wildman–Crippen MR) is 99.1 cm³/mol. The lowest BCUT2D eigenvalue weighted by molar-refractivity contribution is -0.133. The second-order valence-corrected chi connectivity index (χ2v) is 7.90. The maximum Gasteiger partial charge on any atom is 0.227 e. The molecule has 1 unspecified atom stereocenters. The molecule has 0 aliphatic carbocycles. The molecule has 0 N–H and O–H groups in total. The van der Waals surface area contributed by atoms with Crippen LogP contribution in [0.4, 0.5) is 0 Å².